The molecule has 0 saturated heterocycles. The van der Waals surface area contributed by atoms with E-state index in [1.807, 2.05) is 0 Å². The summed E-state index contributed by atoms with van der Waals surface area (Å²) in [6, 6.07) is 0. The molecule has 6 nitrogen and oxygen atoms in total. The predicted molar refractivity (Wildman–Crippen MR) is 55.2 cm³/mol. The van der Waals surface area contributed by atoms with Crippen molar-refractivity contribution < 1.29 is 0 Å². The number of hydrogen-bond acceptors (Lipinski definition) is 4. The lowest BCUT2D eigenvalue weighted by Gasteiger charge is -1.97. The van der Waals surface area contributed by atoms with Crippen molar-refractivity contribution in [2.24, 2.45) is 5.73 Å². The largest absolute Gasteiger partial charge is 0.386 e. The number of amidine groups is 1. The first kappa shape index (κ1) is 9.32. The van der Waals surface area contributed by atoms with Crippen molar-refractivity contribution in [3.05, 3.63) is 31.0 Å². The Kier molecular flexibility index (Phi) is 2.40. The number of aromatic nitrogens is 4. The highest BCUT2D eigenvalue weighted by Crippen LogP contribution is 2.13. The fourth-order valence-corrected chi connectivity index (χ4v) is 1.21. The van der Waals surface area contributed by atoms with Gasteiger partial charge in [-0.1, -0.05) is 0 Å². The number of nitrogens with one attached hydrogen (secondary N) is 1. The molecule has 0 bridgehead atoms. The minimum Gasteiger partial charge on any atom is -0.386 e. The Morgan fingerprint density at radius 3 is 2.93 bits per heavy atom. The van der Waals surface area contributed by atoms with Crippen LogP contribution < -0.4 is 5.73 Å². The average molecular weight is 202 g/mol. The van der Waals surface area contributed by atoms with Gasteiger partial charge in [0, 0.05) is 24.2 Å². The van der Waals surface area contributed by atoms with Crippen molar-refractivity contribution >= 4 is 5.84 Å². The molecule has 0 radical (unpaired) electrons. The number of nitrogens with zero attached hydrogens (tertiary/aromatic N) is 4. The van der Waals surface area contributed by atoms with Gasteiger partial charge in [-0.3, -0.25) is 20.1 Å². The minimum atomic E-state index is 0.0730. The SMILES string of the molecule is N=C(N)Cn1cc(-c2cnccn2)cn1. The van der Waals surface area contributed by atoms with Gasteiger partial charge in [-0.15, -0.1) is 0 Å². The summed E-state index contributed by atoms with van der Waals surface area (Å²) in [6.45, 7) is 0.292. The normalized spacial score (nSPS) is 10.1. The van der Waals surface area contributed by atoms with E-state index in [4.69, 9.17) is 11.1 Å². The summed E-state index contributed by atoms with van der Waals surface area (Å²) in [5.74, 6) is 0.0730. The molecule has 0 aliphatic carbocycles. The van der Waals surface area contributed by atoms with Gasteiger partial charge in [-0.2, -0.15) is 5.10 Å². The third-order valence-electron chi connectivity index (χ3n) is 1.82. The highest BCUT2D eigenvalue weighted by Gasteiger charge is 2.02. The maximum atomic E-state index is 7.13. The molecule has 2 rings (SSSR count). The molecule has 0 amide bonds. The average Bonchev–Trinajstić information content (AvgIpc) is 2.67. The molecule has 0 aliphatic rings. The van der Waals surface area contributed by atoms with Gasteiger partial charge in [-0.05, 0) is 0 Å². The Balaban J connectivity index is 2.24. The second-order valence-electron chi connectivity index (χ2n) is 3.04. The molecule has 76 valence electrons. The molecule has 2 heterocycles. The van der Waals surface area contributed by atoms with Gasteiger partial charge < -0.3 is 5.73 Å². The zero-order valence-corrected chi connectivity index (χ0v) is 7.96. The van der Waals surface area contributed by atoms with E-state index in [0.29, 0.717) is 6.54 Å². The molecule has 15 heavy (non-hydrogen) atoms. The van der Waals surface area contributed by atoms with Crippen molar-refractivity contribution in [3.8, 4) is 11.3 Å². The van der Waals surface area contributed by atoms with E-state index in [0.717, 1.165) is 11.3 Å². The van der Waals surface area contributed by atoms with E-state index in [1.54, 1.807) is 35.7 Å². The molecular formula is C9H10N6. The van der Waals surface area contributed by atoms with Crippen LogP contribution in [-0.4, -0.2) is 25.6 Å². The van der Waals surface area contributed by atoms with Crippen molar-refractivity contribution in [3.63, 3.8) is 0 Å². The van der Waals surface area contributed by atoms with E-state index in [9.17, 15) is 0 Å². The highest BCUT2D eigenvalue weighted by molar-refractivity contribution is 5.76. The maximum absolute atomic E-state index is 7.13. The molecule has 0 aromatic carbocycles. The standard InChI is InChI=1S/C9H10N6/c10-9(11)6-15-5-7(3-14-15)8-4-12-1-2-13-8/h1-5H,6H2,(H3,10,11). The molecule has 0 atom stereocenters. The van der Waals surface area contributed by atoms with Gasteiger partial charge in [0.1, 0.15) is 5.84 Å². The lowest BCUT2D eigenvalue weighted by atomic mass is 10.3. The summed E-state index contributed by atoms with van der Waals surface area (Å²) in [4.78, 5) is 8.11. The van der Waals surface area contributed by atoms with Gasteiger partial charge in [0.15, 0.2) is 0 Å². The molecule has 6 heteroatoms. The van der Waals surface area contributed by atoms with Crippen molar-refractivity contribution in [2.75, 3.05) is 0 Å². The van der Waals surface area contributed by atoms with Gasteiger partial charge in [-0.25, -0.2) is 0 Å². The third-order valence-corrected chi connectivity index (χ3v) is 1.82. The second kappa shape index (κ2) is 3.87. The van der Waals surface area contributed by atoms with Crippen molar-refractivity contribution in [2.45, 2.75) is 6.54 Å². The molecule has 2 aromatic rings. The molecule has 0 unspecified atom stereocenters. The molecule has 0 fully saturated rings. The Hall–Kier alpha value is -2.24. The van der Waals surface area contributed by atoms with Gasteiger partial charge >= 0.3 is 0 Å². The first-order valence-electron chi connectivity index (χ1n) is 4.37. The van der Waals surface area contributed by atoms with Gasteiger partial charge in [0.25, 0.3) is 0 Å². The van der Waals surface area contributed by atoms with Crippen LogP contribution in [0.1, 0.15) is 0 Å². The number of rotatable bonds is 3. The lowest BCUT2D eigenvalue weighted by Crippen LogP contribution is -2.17. The predicted octanol–water partition coefficient (Wildman–Crippen LogP) is 0.276. The zero-order chi connectivity index (χ0) is 10.7. The van der Waals surface area contributed by atoms with Gasteiger partial charge in [0.2, 0.25) is 0 Å². The molecule has 0 aliphatic heterocycles. The van der Waals surface area contributed by atoms with Gasteiger partial charge in [0.05, 0.1) is 24.6 Å². The van der Waals surface area contributed by atoms with Crippen LogP contribution in [0, 0.1) is 5.41 Å². The second-order valence-corrected chi connectivity index (χ2v) is 3.04. The Labute approximate surface area is 86.3 Å². The quantitative estimate of drug-likeness (QED) is 0.552. The third kappa shape index (κ3) is 2.16. The van der Waals surface area contributed by atoms with Crippen molar-refractivity contribution in [1.82, 2.24) is 19.7 Å². The Morgan fingerprint density at radius 1 is 1.40 bits per heavy atom. The first-order chi connectivity index (χ1) is 7.25. The summed E-state index contributed by atoms with van der Waals surface area (Å²) in [5, 5.41) is 11.2. The molecular weight excluding hydrogens is 192 g/mol. The summed E-state index contributed by atoms with van der Waals surface area (Å²) < 4.78 is 1.59. The fourth-order valence-electron chi connectivity index (χ4n) is 1.21. The van der Waals surface area contributed by atoms with Crippen LogP contribution in [0.15, 0.2) is 31.0 Å². The van der Waals surface area contributed by atoms with Crippen LogP contribution in [-0.2, 0) is 6.54 Å². The maximum Gasteiger partial charge on any atom is 0.113 e. The highest BCUT2D eigenvalue weighted by atomic mass is 15.3. The fraction of sp³-hybridized carbons (Fsp3) is 0.111. The minimum absolute atomic E-state index is 0.0730. The van der Waals surface area contributed by atoms with E-state index >= 15 is 0 Å². The van der Waals surface area contributed by atoms with E-state index in [1.165, 1.54) is 0 Å². The van der Waals surface area contributed by atoms with Crippen LogP contribution in [0.3, 0.4) is 0 Å². The van der Waals surface area contributed by atoms with Crippen LogP contribution in [0.4, 0.5) is 0 Å². The molecule has 0 spiro atoms. The van der Waals surface area contributed by atoms with E-state index in [2.05, 4.69) is 15.1 Å². The summed E-state index contributed by atoms with van der Waals surface area (Å²) in [6.07, 6.45) is 8.36. The van der Waals surface area contributed by atoms with Crippen molar-refractivity contribution in [1.29, 1.82) is 5.41 Å². The van der Waals surface area contributed by atoms with Crippen LogP contribution in [0.25, 0.3) is 11.3 Å². The first-order valence-corrected chi connectivity index (χ1v) is 4.37. The summed E-state index contributed by atoms with van der Waals surface area (Å²) in [5.41, 5.74) is 6.89. The summed E-state index contributed by atoms with van der Waals surface area (Å²) >= 11 is 0. The molecule has 3 N–H and O–H groups in total. The topological polar surface area (TPSA) is 93.5 Å². The molecule has 0 saturated carbocycles. The van der Waals surface area contributed by atoms with Crippen LogP contribution in [0.2, 0.25) is 0 Å². The Bertz CT molecular complexity index is 460. The number of hydrogen-bond donors (Lipinski definition) is 2. The lowest BCUT2D eigenvalue weighted by molar-refractivity contribution is 0.718. The summed E-state index contributed by atoms with van der Waals surface area (Å²) in [7, 11) is 0. The number of nitrogens with two attached hydrogens (primary N) is 1. The van der Waals surface area contributed by atoms with Crippen LogP contribution >= 0.6 is 0 Å². The van der Waals surface area contributed by atoms with Crippen LogP contribution in [0.5, 0.6) is 0 Å². The molecule has 2 aromatic heterocycles. The smallest absolute Gasteiger partial charge is 0.113 e. The monoisotopic (exact) mass is 202 g/mol. The van der Waals surface area contributed by atoms with E-state index < -0.39 is 0 Å². The van der Waals surface area contributed by atoms with E-state index in [-0.39, 0.29) is 5.84 Å². The Morgan fingerprint density at radius 2 is 2.27 bits per heavy atom. The zero-order valence-electron chi connectivity index (χ0n) is 7.96.